The molecule has 0 saturated heterocycles. The Morgan fingerprint density at radius 2 is 1.10 bits per heavy atom. The van der Waals surface area contributed by atoms with Crippen molar-refractivity contribution in [1.82, 2.24) is 0 Å². The van der Waals surface area contributed by atoms with Crippen molar-refractivity contribution in [2.75, 3.05) is 0 Å². The average Bonchev–Trinajstić information content (AvgIpc) is 2.51. The van der Waals surface area contributed by atoms with E-state index in [0.29, 0.717) is 5.75 Å². The first kappa shape index (κ1) is 12.5. The van der Waals surface area contributed by atoms with Gasteiger partial charge in [-0.2, -0.15) is 0 Å². The smallest absolute Gasteiger partial charge is 0.118 e. The summed E-state index contributed by atoms with van der Waals surface area (Å²) < 4.78 is 0. The molecule has 3 aromatic carbocycles. The van der Waals surface area contributed by atoms with Crippen molar-refractivity contribution in [3.05, 3.63) is 78.4 Å². The molecule has 0 radical (unpaired) electrons. The predicted octanol–water partition coefficient (Wildman–Crippen LogP) is 5.03. The first-order valence-corrected chi connectivity index (χ1v) is 6.69. The van der Waals surface area contributed by atoms with Gasteiger partial charge < -0.3 is 5.11 Å². The summed E-state index contributed by atoms with van der Waals surface area (Å²) in [6.07, 6.45) is 0. The summed E-state index contributed by atoms with van der Waals surface area (Å²) in [5.74, 6) is 0.342. The maximum atomic E-state index is 9.58. The summed E-state index contributed by atoms with van der Waals surface area (Å²) in [7, 11) is 0. The molecule has 0 saturated carbocycles. The minimum Gasteiger partial charge on any atom is -0.508 e. The number of phenols is 1. The van der Waals surface area contributed by atoms with Crippen LogP contribution in [0.2, 0.25) is 0 Å². The van der Waals surface area contributed by atoms with Crippen LogP contribution in [0, 0.1) is 6.92 Å². The number of aromatic hydroxyl groups is 1. The van der Waals surface area contributed by atoms with Crippen LogP contribution in [-0.2, 0) is 0 Å². The molecule has 20 heavy (non-hydrogen) atoms. The molecule has 0 atom stereocenters. The van der Waals surface area contributed by atoms with E-state index < -0.39 is 0 Å². The van der Waals surface area contributed by atoms with Crippen molar-refractivity contribution in [1.29, 1.82) is 0 Å². The molecular formula is C19H16O. The van der Waals surface area contributed by atoms with Crippen molar-refractivity contribution in [2.24, 2.45) is 0 Å². The lowest BCUT2D eigenvalue weighted by atomic mass is 9.99. The van der Waals surface area contributed by atoms with Crippen LogP contribution in [0.25, 0.3) is 22.3 Å². The van der Waals surface area contributed by atoms with Gasteiger partial charge in [0.15, 0.2) is 0 Å². The molecule has 3 rings (SSSR count). The fourth-order valence-corrected chi connectivity index (χ4v) is 2.32. The van der Waals surface area contributed by atoms with Gasteiger partial charge in [0, 0.05) is 0 Å². The minimum absolute atomic E-state index is 0.342. The lowest BCUT2D eigenvalue weighted by molar-refractivity contribution is 0.471. The molecule has 3 aromatic rings. The third-order valence-electron chi connectivity index (χ3n) is 3.52. The summed E-state index contributed by atoms with van der Waals surface area (Å²) in [5, 5.41) is 9.58. The van der Waals surface area contributed by atoms with Gasteiger partial charge in [0.2, 0.25) is 0 Å². The van der Waals surface area contributed by atoms with E-state index in [1.165, 1.54) is 11.1 Å². The van der Waals surface area contributed by atoms with E-state index in [2.05, 4.69) is 36.4 Å². The standard InChI is InChI=1S/C19H16O/c1-14-13-18(11-12-19(14)20)17-9-7-16(8-10-17)15-5-3-2-4-6-15/h2-13,20H,1H3. The molecule has 0 spiro atoms. The molecule has 1 nitrogen and oxygen atoms in total. The Kier molecular flexibility index (Phi) is 3.26. The molecule has 0 amide bonds. The number of hydrogen-bond acceptors (Lipinski definition) is 1. The maximum Gasteiger partial charge on any atom is 0.118 e. The largest absolute Gasteiger partial charge is 0.508 e. The minimum atomic E-state index is 0.342. The summed E-state index contributed by atoms with van der Waals surface area (Å²) in [6, 6.07) is 24.5. The average molecular weight is 260 g/mol. The number of aryl methyl sites for hydroxylation is 1. The van der Waals surface area contributed by atoms with Crippen LogP contribution >= 0.6 is 0 Å². The zero-order valence-electron chi connectivity index (χ0n) is 11.4. The SMILES string of the molecule is Cc1cc(-c2ccc(-c3ccccc3)cc2)ccc1O. The molecule has 0 aliphatic carbocycles. The van der Waals surface area contributed by atoms with Gasteiger partial charge in [0.25, 0.3) is 0 Å². The van der Waals surface area contributed by atoms with Crippen LogP contribution in [0.5, 0.6) is 5.75 Å². The third-order valence-corrected chi connectivity index (χ3v) is 3.52. The van der Waals surface area contributed by atoms with Gasteiger partial charge in [0.05, 0.1) is 0 Å². The van der Waals surface area contributed by atoms with Crippen LogP contribution in [0.4, 0.5) is 0 Å². The highest BCUT2D eigenvalue weighted by Gasteiger charge is 2.02. The van der Waals surface area contributed by atoms with E-state index in [-0.39, 0.29) is 0 Å². The lowest BCUT2D eigenvalue weighted by Gasteiger charge is -2.06. The van der Waals surface area contributed by atoms with E-state index in [1.807, 2.05) is 37.3 Å². The Hall–Kier alpha value is -2.54. The summed E-state index contributed by atoms with van der Waals surface area (Å²) in [5.41, 5.74) is 5.62. The second-order valence-corrected chi connectivity index (χ2v) is 4.94. The first-order chi connectivity index (χ1) is 9.74. The second-order valence-electron chi connectivity index (χ2n) is 4.94. The molecule has 0 bridgehead atoms. The van der Waals surface area contributed by atoms with Crippen LogP contribution in [-0.4, -0.2) is 5.11 Å². The highest BCUT2D eigenvalue weighted by atomic mass is 16.3. The number of hydrogen-bond donors (Lipinski definition) is 1. The van der Waals surface area contributed by atoms with Gasteiger partial charge in [0.1, 0.15) is 5.75 Å². The number of phenolic OH excluding ortho intramolecular Hbond substituents is 1. The quantitative estimate of drug-likeness (QED) is 0.684. The van der Waals surface area contributed by atoms with Gasteiger partial charge >= 0.3 is 0 Å². The van der Waals surface area contributed by atoms with Crippen LogP contribution < -0.4 is 0 Å². The van der Waals surface area contributed by atoms with Crippen LogP contribution in [0.1, 0.15) is 5.56 Å². The van der Waals surface area contributed by atoms with E-state index >= 15 is 0 Å². The second kappa shape index (κ2) is 5.22. The highest BCUT2D eigenvalue weighted by Crippen LogP contribution is 2.27. The third kappa shape index (κ3) is 2.43. The monoisotopic (exact) mass is 260 g/mol. The van der Waals surface area contributed by atoms with Crippen molar-refractivity contribution in [3.63, 3.8) is 0 Å². The normalized spacial score (nSPS) is 10.4. The topological polar surface area (TPSA) is 20.2 Å². The maximum absolute atomic E-state index is 9.58. The molecule has 0 aliphatic heterocycles. The van der Waals surface area contributed by atoms with Crippen LogP contribution in [0.3, 0.4) is 0 Å². The number of rotatable bonds is 2. The van der Waals surface area contributed by atoms with Crippen LogP contribution in [0.15, 0.2) is 72.8 Å². The predicted molar refractivity (Wildman–Crippen MR) is 83.7 cm³/mol. The molecule has 0 heterocycles. The van der Waals surface area contributed by atoms with E-state index in [1.54, 1.807) is 6.07 Å². The highest BCUT2D eigenvalue weighted by molar-refractivity contribution is 5.71. The molecule has 0 aromatic heterocycles. The van der Waals surface area contributed by atoms with Gasteiger partial charge in [-0.1, -0.05) is 60.7 Å². The van der Waals surface area contributed by atoms with Crippen molar-refractivity contribution >= 4 is 0 Å². The van der Waals surface area contributed by atoms with Gasteiger partial charge in [-0.3, -0.25) is 0 Å². The zero-order chi connectivity index (χ0) is 13.9. The van der Waals surface area contributed by atoms with Gasteiger partial charge in [-0.15, -0.1) is 0 Å². The Labute approximate surface area is 119 Å². The number of benzene rings is 3. The first-order valence-electron chi connectivity index (χ1n) is 6.69. The Morgan fingerprint density at radius 1 is 0.600 bits per heavy atom. The Balaban J connectivity index is 1.95. The summed E-state index contributed by atoms with van der Waals surface area (Å²) in [4.78, 5) is 0. The van der Waals surface area contributed by atoms with Crippen molar-refractivity contribution < 1.29 is 5.11 Å². The Bertz CT molecular complexity index is 713. The van der Waals surface area contributed by atoms with Crippen molar-refractivity contribution in [3.8, 4) is 28.0 Å². The molecule has 1 N–H and O–H groups in total. The van der Waals surface area contributed by atoms with Crippen molar-refractivity contribution in [2.45, 2.75) is 6.92 Å². The molecule has 0 fully saturated rings. The molecule has 0 unspecified atom stereocenters. The van der Waals surface area contributed by atoms with E-state index in [9.17, 15) is 5.11 Å². The molecular weight excluding hydrogens is 244 g/mol. The molecule has 98 valence electrons. The lowest BCUT2D eigenvalue weighted by Crippen LogP contribution is -1.82. The Morgan fingerprint density at radius 3 is 1.70 bits per heavy atom. The fourth-order valence-electron chi connectivity index (χ4n) is 2.32. The summed E-state index contributed by atoms with van der Waals surface area (Å²) in [6.45, 7) is 1.91. The van der Waals surface area contributed by atoms with E-state index in [4.69, 9.17) is 0 Å². The van der Waals surface area contributed by atoms with E-state index in [0.717, 1.165) is 16.7 Å². The van der Waals surface area contributed by atoms with Gasteiger partial charge in [-0.05, 0) is 46.9 Å². The summed E-state index contributed by atoms with van der Waals surface area (Å²) >= 11 is 0. The van der Waals surface area contributed by atoms with Gasteiger partial charge in [-0.25, -0.2) is 0 Å². The zero-order valence-corrected chi connectivity index (χ0v) is 11.4. The fraction of sp³-hybridized carbons (Fsp3) is 0.0526. The molecule has 0 aliphatic rings. The molecule has 1 heteroatoms.